The Hall–Kier alpha value is -2.56. The Balaban J connectivity index is 1.56. The minimum atomic E-state index is -0.129. The molecule has 1 aliphatic heterocycles. The predicted octanol–water partition coefficient (Wildman–Crippen LogP) is 6.33. The molecule has 6 heteroatoms. The first-order chi connectivity index (χ1) is 15.2. The number of carbonyl (C=O) groups is 1. The van der Waals surface area contributed by atoms with E-state index < -0.39 is 0 Å². The zero-order chi connectivity index (χ0) is 22.9. The Morgan fingerprint density at radius 1 is 1.06 bits per heavy atom. The number of nitrogens with zero attached hydrogens (tertiary/aromatic N) is 2. The topological polar surface area (TPSA) is 42.4 Å². The number of hydrogen-bond acceptors (Lipinski definition) is 3. The largest absolute Gasteiger partial charge is 0.475 e. The lowest BCUT2D eigenvalue weighted by Crippen LogP contribution is -2.47. The number of pyridine rings is 1. The van der Waals surface area contributed by atoms with Crippen LogP contribution >= 0.6 is 23.2 Å². The first-order valence-corrected chi connectivity index (χ1v) is 11.4. The molecule has 0 aliphatic carbocycles. The molecule has 1 aliphatic rings. The summed E-state index contributed by atoms with van der Waals surface area (Å²) in [6.45, 7) is 7.31. The van der Waals surface area contributed by atoms with Crippen molar-refractivity contribution in [3.8, 4) is 5.88 Å². The van der Waals surface area contributed by atoms with Crippen molar-refractivity contribution in [2.45, 2.75) is 45.2 Å². The van der Waals surface area contributed by atoms with Crippen LogP contribution in [0.2, 0.25) is 10.0 Å². The Kier molecular flexibility index (Phi) is 6.45. The van der Waals surface area contributed by atoms with Crippen LogP contribution in [0.4, 0.5) is 0 Å². The van der Waals surface area contributed by atoms with Crippen LogP contribution in [0.25, 0.3) is 0 Å². The van der Waals surface area contributed by atoms with Gasteiger partial charge in [0.05, 0.1) is 16.1 Å². The van der Waals surface area contributed by atoms with E-state index in [4.69, 9.17) is 27.9 Å². The number of amides is 1. The number of hydrogen-bond donors (Lipinski definition) is 0. The first kappa shape index (κ1) is 22.6. The van der Waals surface area contributed by atoms with Crippen molar-refractivity contribution in [1.82, 2.24) is 9.88 Å². The molecule has 0 N–H and O–H groups in total. The molecule has 166 valence electrons. The number of carbonyl (C=O) groups excluding carboxylic acids is 1. The Labute approximate surface area is 199 Å². The van der Waals surface area contributed by atoms with Crippen molar-refractivity contribution < 1.29 is 9.53 Å². The van der Waals surface area contributed by atoms with Gasteiger partial charge in [-0.25, -0.2) is 4.98 Å². The molecule has 32 heavy (non-hydrogen) atoms. The zero-order valence-corrected chi connectivity index (χ0v) is 20.0. The van der Waals surface area contributed by atoms with Gasteiger partial charge in [0.1, 0.15) is 6.61 Å². The summed E-state index contributed by atoms with van der Waals surface area (Å²) in [4.78, 5) is 19.7. The van der Waals surface area contributed by atoms with E-state index in [-0.39, 0.29) is 17.4 Å². The quantitative estimate of drug-likeness (QED) is 0.448. The highest BCUT2D eigenvalue weighted by Gasteiger charge is 2.31. The smallest absolute Gasteiger partial charge is 0.254 e. The van der Waals surface area contributed by atoms with Crippen molar-refractivity contribution in [3.63, 3.8) is 0 Å². The minimum Gasteiger partial charge on any atom is -0.475 e. The molecule has 0 saturated carbocycles. The van der Waals surface area contributed by atoms with Crippen LogP contribution in [-0.2, 0) is 18.4 Å². The summed E-state index contributed by atoms with van der Waals surface area (Å²) in [6, 6.07) is 17.0. The van der Waals surface area contributed by atoms with Crippen LogP contribution in [-0.4, -0.2) is 28.4 Å². The molecule has 2 aromatic carbocycles. The molecule has 1 unspecified atom stereocenters. The highest BCUT2D eigenvalue weighted by atomic mass is 35.5. The molecule has 4 rings (SSSR count). The molecular formula is C26H26Cl2N2O2. The van der Waals surface area contributed by atoms with Gasteiger partial charge in [-0.15, -0.1) is 0 Å². The summed E-state index contributed by atoms with van der Waals surface area (Å²) in [5.41, 5.74) is 4.06. The third-order valence-electron chi connectivity index (χ3n) is 5.81. The number of benzene rings is 2. The van der Waals surface area contributed by atoms with Crippen molar-refractivity contribution in [1.29, 1.82) is 0 Å². The lowest BCUT2D eigenvalue weighted by Gasteiger charge is -2.37. The van der Waals surface area contributed by atoms with E-state index in [2.05, 4.69) is 37.9 Å². The fourth-order valence-electron chi connectivity index (χ4n) is 3.86. The average molecular weight is 469 g/mol. The van der Waals surface area contributed by atoms with Crippen LogP contribution in [0.5, 0.6) is 5.88 Å². The third kappa shape index (κ3) is 4.92. The number of halogens is 2. The Morgan fingerprint density at radius 3 is 2.47 bits per heavy atom. The van der Waals surface area contributed by atoms with Gasteiger partial charge in [-0.1, -0.05) is 74.3 Å². The van der Waals surface area contributed by atoms with E-state index in [9.17, 15) is 4.79 Å². The normalized spacial score (nSPS) is 15.9. The first-order valence-electron chi connectivity index (χ1n) is 10.6. The second-order valence-corrected chi connectivity index (χ2v) is 9.95. The van der Waals surface area contributed by atoms with Gasteiger partial charge in [-0.2, -0.15) is 0 Å². The average Bonchev–Trinajstić information content (AvgIpc) is 2.78. The second kappa shape index (κ2) is 9.13. The zero-order valence-electron chi connectivity index (χ0n) is 18.4. The van der Waals surface area contributed by atoms with Gasteiger partial charge in [0, 0.05) is 24.4 Å². The van der Waals surface area contributed by atoms with E-state index >= 15 is 0 Å². The summed E-state index contributed by atoms with van der Waals surface area (Å²) in [5.74, 6) is 0.460. The summed E-state index contributed by atoms with van der Waals surface area (Å²) in [5, 5.41) is 0.794. The van der Waals surface area contributed by atoms with Gasteiger partial charge >= 0.3 is 0 Å². The van der Waals surface area contributed by atoms with Crippen LogP contribution in [0.15, 0.2) is 60.8 Å². The third-order valence-corrected chi connectivity index (χ3v) is 6.55. The SMILES string of the molecule is CC(C)(C)c1ccc(OCC2Cc3ccccc3CN2C(=O)c2ccc(Cl)c(Cl)c2)nc1. The predicted molar refractivity (Wildman–Crippen MR) is 129 cm³/mol. The second-order valence-electron chi connectivity index (χ2n) is 9.13. The summed E-state index contributed by atoms with van der Waals surface area (Å²) < 4.78 is 6.04. The maximum atomic E-state index is 13.4. The minimum absolute atomic E-state index is 0.0294. The lowest BCUT2D eigenvalue weighted by atomic mass is 9.88. The highest BCUT2D eigenvalue weighted by Crippen LogP contribution is 2.28. The van der Waals surface area contributed by atoms with Crippen LogP contribution in [0, 0.1) is 0 Å². The van der Waals surface area contributed by atoms with Crippen molar-refractivity contribution in [2.24, 2.45) is 0 Å². The fourth-order valence-corrected chi connectivity index (χ4v) is 4.16. The molecule has 3 aromatic rings. The molecule has 2 heterocycles. The maximum absolute atomic E-state index is 13.4. The van der Waals surface area contributed by atoms with Crippen molar-refractivity contribution in [2.75, 3.05) is 6.61 Å². The monoisotopic (exact) mass is 468 g/mol. The number of fused-ring (bicyclic) bond motifs is 1. The Bertz CT molecular complexity index is 1120. The van der Waals surface area contributed by atoms with Gasteiger partial charge in [-0.05, 0) is 46.7 Å². The van der Waals surface area contributed by atoms with Crippen LogP contribution in [0.3, 0.4) is 0 Å². The maximum Gasteiger partial charge on any atom is 0.254 e. The van der Waals surface area contributed by atoms with Gasteiger partial charge in [0.25, 0.3) is 5.91 Å². The molecule has 0 fully saturated rings. The molecule has 1 atom stereocenters. The fraction of sp³-hybridized carbons (Fsp3) is 0.308. The molecule has 0 saturated heterocycles. The molecule has 0 radical (unpaired) electrons. The van der Waals surface area contributed by atoms with Crippen LogP contribution in [0.1, 0.15) is 47.8 Å². The molecule has 0 spiro atoms. The summed E-state index contributed by atoms with van der Waals surface area (Å²) in [7, 11) is 0. The van der Waals surface area contributed by atoms with E-state index in [1.54, 1.807) is 18.2 Å². The van der Waals surface area contributed by atoms with Gasteiger partial charge in [0.15, 0.2) is 0 Å². The van der Waals surface area contributed by atoms with Gasteiger partial charge < -0.3 is 9.64 Å². The van der Waals surface area contributed by atoms with E-state index in [1.165, 1.54) is 5.56 Å². The molecular weight excluding hydrogens is 443 g/mol. The van der Waals surface area contributed by atoms with E-state index in [0.717, 1.165) is 11.1 Å². The van der Waals surface area contributed by atoms with E-state index in [0.29, 0.717) is 41.1 Å². The Morgan fingerprint density at radius 2 is 1.81 bits per heavy atom. The van der Waals surface area contributed by atoms with E-state index in [1.807, 2.05) is 35.4 Å². The van der Waals surface area contributed by atoms with Gasteiger partial charge in [-0.3, -0.25) is 4.79 Å². The van der Waals surface area contributed by atoms with Crippen LogP contribution < -0.4 is 4.74 Å². The summed E-state index contributed by atoms with van der Waals surface area (Å²) in [6.07, 6.45) is 2.56. The van der Waals surface area contributed by atoms with Gasteiger partial charge in [0.2, 0.25) is 5.88 Å². The van der Waals surface area contributed by atoms with Crippen molar-refractivity contribution >= 4 is 29.1 Å². The summed E-state index contributed by atoms with van der Waals surface area (Å²) >= 11 is 12.2. The highest BCUT2D eigenvalue weighted by molar-refractivity contribution is 6.42. The van der Waals surface area contributed by atoms with Crippen molar-refractivity contribution in [3.05, 3.63) is 93.1 Å². The lowest BCUT2D eigenvalue weighted by molar-refractivity contribution is 0.0562. The standard InChI is InChI=1S/C26H26Cl2N2O2/c1-26(2,3)20-9-11-24(29-14-20)32-16-21-12-17-6-4-5-7-19(17)15-30(21)25(31)18-8-10-22(27)23(28)13-18/h4-11,13-14,21H,12,15-16H2,1-3H3. The molecule has 1 aromatic heterocycles. The molecule has 1 amide bonds. The number of aromatic nitrogens is 1. The number of rotatable bonds is 4. The molecule has 4 nitrogen and oxygen atoms in total. The number of ether oxygens (including phenoxy) is 1. The molecule has 0 bridgehead atoms.